The molecule has 0 aliphatic carbocycles. The molecule has 1 heterocycles. The Labute approximate surface area is 171 Å². The molecule has 0 bridgehead atoms. The van der Waals surface area contributed by atoms with Crippen molar-refractivity contribution in [3.8, 4) is 0 Å². The first-order valence-electron chi connectivity index (χ1n) is 8.54. The van der Waals surface area contributed by atoms with E-state index in [1.165, 1.54) is 29.2 Å². The molecule has 0 spiro atoms. The van der Waals surface area contributed by atoms with Gasteiger partial charge in [0.15, 0.2) is 0 Å². The van der Waals surface area contributed by atoms with Gasteiger partial charge in [0.05, 0.1) is 24.7 Å². The molecule has 9 nitrogen and oxygen atoms in total. The number of carbonyl (C=O) groups excluding carboxylic acids is 1. The summed E-state index contributed by atoms with van der Waals surface area (Å²) in [6, 6.07) is 3.86. The van der Waals surface area contributed by atoms with Gasteiger partial charge in [-0.2, -0.15) is 4.31 Å². The highest BCUT2D eigenvalue weighted by Gasteiger charge is 2.28. The molecule has 1 fully saturated rings. The molecule has 158 valence electrons. The Morgan fingerprint density at radius 2 is 1.93 bits per heavy atom. The number of likely N-dealkylation sites (N-methyl/N-ethyl adjacent to an activating group) is 1. The number of rotatable bonds is 7. The Bertz CT molecular complexity index is 811. The fraction of sp³-hybridized carbons (Fsp3) is 0.529. The summed E-state index contributed by atoms with van der Waals surface area (Å²) in [4.78, 5) is 24.7. The minimum atomic E-state index is -3.68. The predicted octanol–water partition coefficient (Wildman–Crippen LogP) is 0.781. The fourth-order valence-electron chi connectivity index (χ4n) is 2.63. The lowest BCUT2D eigenvalue weighted by Crippen LogP contribution is -2.41. The van der Waals surface area contributed by atoms with Crippen molar-refractivity contribution in [2.24, 2.45) is 0 Å². The number of hydrogen-bond donors (Lipinski definition) is 2. The van der Waals surface area contributed by atoms with E-state index in [1.54, 1.807) is 19.1 Å². The first-order valence-corrected chi connectivity index (χ1v) is 9.98. The van der Waals surface area contributed by atoms with Crippen LogP contribution in [0.2, 0.25) is 0 Å². The predicted molar refractivity (Wildman–Crippen MR) is 106 cm³/mol. The number of morpholine rings is 1. The summed E-state index contributed by atoms with van der Waals surface area (Å²) in [5.74, 6) is -1.45. The highest BCUT2D eigenvalue weighted by molar-refractivity contribution is 7.89. The minimum Gasteiger partial charge on any atom is -0.480 e. The number of nitrogens with zero attached hydrogens (tertiary/aromatic N) is 2. The van der Waals surface area contributed by atoms with Crippen molar-refractivity contribution >= 4 is 40.0 Å². The number of halogens is 1. The van der Waals surface area contributed by atoms with E-state index >= 15 is 0 Å². The monoisotopic (exact) mass is 435 g/mol. The van der Waals surface area contributed by atoms with Crippen LogP contribution in [-0.4, -0.2) is 80.5 Å². The lowest BCUT2D eigenvalue weighted by Gasteiger charge is -2.27. The maximum Gasteiger partial charge on any atom is 0.320 e. The number of carboxylic acid groups (broad SMARTS) is 1. The number of amides is 1. The van der Waals surface area contributed by atoms with E-state index in [2.05, 4.69) is 5.32 Å². The van der Waals surface area contributed by atoms with Gasteiger partial charge in [-0.25, -0.2) is 8.42 Å². The number of aliphatic carboxylic acids is 1. The Morgan fingerprint density at radius 3 is 2.50 bits per heavy atom. The SMILES string of the molecule is Cc1ccc(NC(=O)CN(C)C(C)C(=O)O)cc1S(=O)(=O)N1CCOCC1.Cl. The molecule has 11 heteroatoms. The number of nitrogens with one attached hydrogen (secondary N) is 1. The quantitative estimate of drug-likeness (QED) is 0.650. The van der Waals surface area contributed by atoms with Crippen LogP contribution in [-0.2, 0) is 24.3 Å². The summed E-state index contributed by atoms with van der Waals surface area (Å²) < 4.78 is 32.3. The highest BCUT2D eigenvalue weighted by atomic mass is 35.5. The summed E-state index contributed by atoms with van der Waals surface area (Å²) in [6.07, 6.45) is 0. The Morgan fingerprint density at radius 1 is 1.32 bits per heavy atom. The lowest BCUT2D eigenvalue weighted by atomic mass is 10.2. The number of anilines is 1. The van der Waals surface area contributed by atoms with Gasteiger partial charge in [-0.1, -0.05) is 6.07 Å². The number of benzene rings is 1. The van der Waals surface area contributed by atoms with Crippen molar-refractivity contribution in [1.29, 1.82) is 0 Å². The van der Waals surface area contributed by atoms with Crippen molar-refractivity contribution in [1.82, 2.24) is 9.21 Å². The molecule has 0 radical (unpaired) electrons. The molecule has 1 aliphatic rings. The first-order chi connectivity index (χ1) is 12.6. The molecule has 1 aromatic rings. The number of hydrogen-bond acceptors (Lipinski definition) is 6. The van der Waals surface area contributed by atoms with E-state index in [0.717, 1.165) is 0 Å². The first kappa shape index (κ1) is 24.3. The maximum atomic E-state index is 12.9. The van der Waals surface area contributed by atoms with Crippen LogP contribution in [0.3, 0.4) is 0 Å². The van der Waals surface area contributed by atoms with Crippen LogP contribution in [0.15, 0.2) is 23.1 Å². The summed E-state index contributed by atoms with van der Waals surface area (Å²) in [6.45, 7) is 4.32. The lowest BCUT2D eigenvalue weighted by molar-refractivity contribution is -0.142. The van der Waals surface area contributed by atoms with Gasteiger partial charge >= 0.3 is 5.97 Å². The second kappa shape index (κ2) is 10.2. The van der Waals surface area contributed by atoms with Crippen LogP contribution in [0.1, 0.15) is 12.5 Å². The number of carbonyl (C=O) groups is 2. The van der Waals surface area contributed by atoms with E-state index in [4.69, 9.17) is 9.84 Å². The molecule has 2 rings (SSSR count). The Kier molecular flexibility index (Phi) is 8.83. The smallest absolute Gasteiger partial charge is 0.320 e. The molecule has 2 N–H and O–H groups in total. The normalized spacial score (nSPS) is 16.3. The maximum absolute atomic E-state index is 12.9. The van der Waals surface area contributed by atoms with Gasteiger partial charge in [-0.15, -0.1) is 12.4 Å². The van der Waals surface area contributed by atoms with Crippen LogP contribution >= 0.6 is 12.4 Å². The average molecular weight is 436 g/mol. The third kappa shape index (κ3) is 5.89. The highest BCUT2D eigenvalue weighted by Crippen LogP contribution is 2.24. The zero-order chi connectivity index (χ0) is 20.2. The molecule has 0 aromatic heterocycles. The van der Waals surface area contributed by atoms with Crippen LogP contribution in [0.4, 0.5) is 5.69 Å². The molecule has 1 atom stereocenters. The molecular weight excluding hydrogens is 410 g/mol. The second-order valence-corrected chi connectivity index (χ2v) is 8.38. The summed E-state index contributed by atoms with van der Waals surface area (Å²) in [5, 5.41) is 11.6. The summed E-state index contributed by atoms with van der Waals surface area (Å²) >= 11 is 0. The van der Waals surface area contributed by atoms with Gasteiger partial charge in [0, 0.05) is 18.8 Å². The topological polar surface area (TPSA) is 116 Å². The molecule has 1 amide bonds. The van der Waals surface area contributed by atoms with Gasteiger partial charge < -0.3 is 15.2 Å². The summed E-state index contributed by atoms with van der Waals surface area (Å²) in [7, 11) is -2.16. The van der Waals surface area contributed by atoms with Crippen molar-refractivity contribution < 1.29 is 27.9 Å². The van der Waals surface area contributed by atoms with Gasteiger partial charge in [-0.3, -0.25) is 14.5 Å². The molecule has 1 unspecified atom stereocenters. The van der Waals surface area contributed by atoms with Crippen molar-refractivity contribution in [2.45, 2.75) is 24.8 Å². The fourth-order valence-corrected chi connectivity index (χ4v) is 4.29. The molecular formula is C17H26ClN3O6S. The molecule has 1 aromatic carbocycles. The zero-order valence-electron chi connectivity index (χ0n) is 16.0. The third-order valence-corrected chi connectivity index (χ3v) is 6.51. The molecule has 28 heavy (non-hydrogen) atoms. The number of carboxylic acids is 1. The van der Waals surface area contributed by atoms with E-state index in [0.29, 0.717) is 24.5 Å². The van der Waals surface area contributed by atoms with Crippen LogP contribution in [0.25, 0.3) is 0 Å². The standard InChI is InChI=1S/C17H25N3O6S.ClH/c1-12-4-5-14(18-16(21)11-19(3)13(2)17(22)23)10-15(12)27(24,25)20-6-8-26-9-7-20;/h4-5,10,13H,6-9,11H2,1-3H3,(H,18,21)(H,22,23);1H. The number of sulfonamides is 1. The zero-order valence-corrected chi connectivity index (χ0v) is 17.7. The second-order valence-electron chi connectivity index (χ2n) is 6.47. The van der Waals surface area contributed by atoms with Crippen molar-refractivity contribution in [2.75, 3.05) is 45.2 Å². The van der Waals surface area contributed by atoms with Crippen molar-refractivity contribution in [3.05, 3.63) is 23.8 Å². The van der Waals surface area contributed by atoms with E-state index in [1.807, 2.05) is 0 Å². The Balaban J connectivity index is 0.00000392. The Hall–Kier alpha value is -1.72. The van der Waals surface area contributed by atoms with Gasteiger partial charge in [0.25, 0.3) is 0 Å². The van der Waals surface area contributed by atoms with E-state index in [-0.39, 0.29) is 36.9 Å². The molecule has 0 saturated carbocycles. The van der Waals surface area contributed by atoms with Crippen LogP contribution < -0.4 is 5.32 Å². The molecule has 1 aliphatic heterocycles. The summed E-state index contributed by atoms with van der Waals surface area (Å²) in [5.41, 5.74) is 0.921. The van der Waals surface area contributed by atoms with Crippen molar-refractivity contribution in [3.63, 3.8) is 0 Å². The third-order valence-electron chi connectivity index (χ3n) is 4.47. The van der Waals surface area contributed by atoms with Gasteiger partial charge in [0.1, 0.15) is 6.04 Å². The average Bonchev–Trinajstić information content (AvgIpc) is 2.63. The number of ether oxygens (including phenoxy) is 1. The number of aryl methyl sites for hydroxylation is 1. The van der Waals surface area contributed by atoms with Crippen LogP contribution in [0.5, 0.6) is 0 Å². The van der Waals surface area contributed by atoms with E-state index in [9.17, 15) is 18.0 Å². The van der Waals surface area contributed by atoms with Crippen LogP contribution in [0, 0.1) is 6.92 Å². The largest absolute Gasteiger partial charge is 0.480 e. The van der Waals surface area contributed by atoms with Gasteiger partial charge in [0.2, 0.25) is 15.9 Å². The van der Waals surface area contributed by atoms with E-state index < -0.39 is 27.9 Å². The minimum absolute atomic E-state index is 0. The molecule has 1 saturated heterocycles. The van der Waals surface area contributed by atoms with Gasteiger partial charge in [-0.05, 0) is 38.6 Å².